The zero-order valence-electron chi connectivity index (χ0n) is 16.4. The van der Waals surface area contributed by atoms with E-state index in [0.29, 0.717) is 33.5 Å². The van der Waals surface area contributed by atoms with Gasteiger partial charge >= 0.3 is 5.97 Å². The van der Waals surface area contributed by atoms with Gasteiger partial charge < -0.3 is 9.15 Å². The fourth-order valence-corrected chi connectivity index (χ4v) is 3.45. The summed E-state index contributed by atoms with van der Waals surface area (Å²) in [7, 11) is 0. The van der Waals surface area contributed by atoms with Crippen molar-refractivity contribution in [1.82, 2.24) is 9.78 Å². The molecule has 30 heavy (non-hydrogen) atoms. The van der Waals surface area contributed by atoms with E-state index in [2.05, 4.69) is 11.2 Å². The second kappa shape index (κ2) is 7.68. The number of benzene rings is 2. The molecule has 7 heteroatoms. The third-order valence-corrected chi connectivity index (χ3v) is 4.81. The third kappa shape index (κ3) is 3.05. The molecule has 4 rings (SSSR count). The summed E-state index contributed by atoms with van der Waals surface area (Å²) in [6.45, 7) is 3.53. The van der Waals surface area contributed by atoms with Gasteiger partial charge in [0.05, 0.1) is 29.5 Å². The Morgan fingerprint density at radius 2 is 2.00 bits per heavy atom. The van der Waals surface area contributed by atoms with Crippen molar-refractivity contribution in [3.63, 3.8) is 0 Å². The van der Waals surface area contributed by atoms with Crippen LogP contribution in [0.1, 0.15) is 28.5 Å². The summed E-state index contributed by atoms with van der Waals surface area (Å²) < 4.78 is 11.8. The number of nitrogens with zero attached hydrogens (tertiary/aromatic N) is 3. The number of aromatic nitrogens is 2. The van der Waals surface area contributed by atoms with E-state index >= 15 is 0 Å². The lowest BCUT2D eigenvalue weighted by molar-refractivity contribution is 0.0520. The van der Waals surface area contributed by atoms with Crippen molar-refractivity contribution in [2.75, 3.05) is 6.61 Å². The number of rotatable bonds is 4. The maximum atomic E-state index is 13.4. The molecule has 0 bridgehead atoms. The van der Waals surface area contributed by atoms with Gasteiger partial charge in [-0.15, -0.1) is 0 Å². The maximum Gasteiger partial charge on any atom is 0.359 e. The largest absolute Gasteiger partial charge is 0.464 e. The smallest absolute Gasteiger partial charge is 0.359 e. The summed E-state index contributed by atoms with van der Waals surface area (Å²) in [5, 5.41) is 14.7. The first-order chi connectivity index (χ1) is 14.6. The third-order valence-electron chi connectivity index (χ3n) is 4.81. The number of carbonyl (C=O) groups is 1. The summed E-state index contributed by atoms with van der Waals surface area (Å²) in [6, 6.07) is 16.0. The molecular weight excluding hydrogens is 382 g/mol. The van der Waals surface area contributed by atoms with E-state index in [9.17, 15) is 14.9 Å². The predicted molar refractivity (Wildman–Crippen MR) is 110 cm³/mol. The molecule has 148 valence electrons. The minimum atomic E-state index is -0.651. The Morgan fingerprint density at radius 3 is 2.63 bits per heavy atom. The summed E-state index contributed by atoms with van der Waals surface area (Å²) in [4.78, 5) is 26.1. The van der Waals surface area contributed by atoms with E-state index in [1.165, 1.54) is 6.26 Å². The topological polar surface area (TPSA) is 98.1 Å². The zero-order valence-corrected chi connectivity index (χ0v) is 16.4. The Labute approximate surface area is 171 Å². The van der Waals surface area contributed by atoms with Crippen LogP contribution in [0.4, 0.5) is 0 Å². The minimum absolute atomic E-state index is 0.00398. The van der Waals surface area contributed by atoms with Gasteiger partial charge in [-0.2, -0.15) is 15.0 Å². The maximum absolute atomic E-state index is 13.4. The molecule has 7 nitrogen and oxygen atoms in total. The fourth-order valence-electron chi connectivity index (χ4n) is 3.45. The molecule has 0 aliphatic carbocycles. The highest BCUT2D eigenvalue weighted by atomic mass is 16.5. The quantitative estimate of drug-likeness (QED) is 0.481. The van der Waals surface area contributed by atoms with Crippen molar-refractivity contribution in [3.8, 4) is 23.1 Å². The highest BCUT2D eigenvalue weighted by molar-refractivity contribution is 6.05. The van der Waals surface area contributed by atoms with Crippen molar-refractivity contribution in [1.29, 1.82) is 5.26 Å². The number of carbonyl (C=O) groups excluding carboxylic acids is 1. The Kier molecular flexibility index (Phi) is 4.90. The zero-order chi connectivity index (χ0) is 21.3. The van der Waals surface area contributed by atoms with Crippen molar-refractivity contribution in [2.45, 2.75) is 13.8 Å². The summed E-state index contributed by atoms with van der Waals surface area (Å²) in [6.07, 6.45) is 1.49. The van der Waals surface area contributed by atoms with Gasteiger partial charge in [0.2, 0.25) is 0 Å². The molecule has 0 atom stereocenters. The molecule has 0 saturated carbocycles. The average Bonchev–Trinajstić information content (AvgIpc) is 3.29. The number of hydrogen-bond donors (Lipinski definition) is 0. The first-order valence-corrected chi connectivity index (χ1v) is 9.34. The van der Waals surface area contributed by atoms with Gasteiger partial charge in [0.1, 0.15) is 11.8 Å². The number of esters is 1. The van der Waals surface area contributed by atoms with Gasteiger partial charge in [0, 0.05) is 10.9 Å². The molecule has 0 radical (unpaired) electrons. The Hall–Kier alpha value is -4.18. The van der Waals surface area contributed by atoms with Crippen LogP contribution in [0.3, 0.4) is 0 Å². The van der Waals surface area contributed by atoms with E-state index < -0.39 is 11.5 Å². The van der Waals surface area contributed by atoms with E-state index in [1.54, 1.807) is 56.3 Å². The van der Waals surface area contributed by atoms with E-state index in [4.69, 9.17) is 9.15 Å². The van der Waals surface area contributed by atoms with Crippen LogP contribution in [0.5, 0.6) is 0 Å². The van der Waals surface area contributed by atoms with Gasteiger partial charge in [-0.25, -0.2) is 4.79 Å². The normalized spacial score (nSPS) is 10.7. The molecule has 0 fully saturated rings. The van der Waals surface area contributed by atoms with E-state index in [0.717, 1.165) is 4.68 Å². The molecular formula is C23H17N3O4. The van der Waals surface area contributed by atoms with E-state index in [-0.39, 0.29) is 17.7 Å². The molecule has 2 aromatic carbocycles. The Morgan fingerprint density at radius 1 is 1.23 bits per heavy atom. The molecule has 0 aliphatic heterocycles. The molecule has 0 N–H and O–H groups in total. The van der Waals surface area contributed by atoms with Gasteiger partial charge in [-0.1, -0.05) is 18.2 Å². The van der Waals surface area contributed by atoms with Crippen molar-refractivity contribution >= 4 is 16.7 Å². The van der Waals surface area contributed by atoms with Crippen LogP contribution in [-0.2, 0) is 4.74 Å². The second-order valence-electron chi connectivity index (χ2n) is 6.56. The summed E-state index contributed by atoms with van der Waals surface area (Å²) >= 11 is 0. The SMILES string of the molecule is CCOC(=O)c1nn(-c2ccccc2)c(=O)c2c(C)c(C#N)c(-c3ccco3)cc12. The number of fused-ring (bicyclic) bond motifs is 1. The molecule has 0 unspecified atom stereocenters. The van der Waals surface area contributed by atoms with Crippen molar-refractivity contribution in [3.05, 3.63) is 82.0 Å². The highest BCUT2D eigenvalue weighted by Gasteiger charge is 2.24. The summed E-state index contributed by atoms with van der Waals surface area (Å²) in [5.74, 6) is -0.194. The fraction of sp³-hybridized carbons (Fsp3) is 0.130. The molecule has 0 amide bonds. The van der Waals surface area contributed by atoms with Gasteiger partial charge in [0.15, 0.2) is 5.69 Å². The minimum Gasteiger partial charge on any atom is -0.464 e. The Balaban J connectivity index is 2.16. The average molecular weight is 399 g/mol. The van der Waals surface area contributed by atoms with Crippen LogP contribution in [0.2, 0.25) is 0 Å². The van der Waals surface area contributed by atoms with Crippen LogP contribution >= 0.6 is 0 Å². The molecule has 0 saturated heterocycles. The lowest BCUT2D eigenvalue weighted by Gasteiger charge is -2.14. The number of para-hydroxylation sites is 1. The van der Waals surface area contributed by atoms with E-state index in [1.807, 2.05) is 6.07 Å². The van der Waals surface area contributed by atoms with Gasteiger partial charge in [-0.05, 0) is 49.7 Å². The Bertz CT molecular complexity index is 1350. The van der Waals surface area contributed by atoms with Gasteiger partial charge in [0.25, 0.3) is 5.56 Å². The van der Waals surface area contributed by atoms with Crippen molar-refractivity contribution in [2.24, 2.45) is 0 Å². The van der Waals surface area contributed by atoms with Crippen LogP contribution < -0.4 is 5.56 Å². The van der Waals surface area contributed by atoms with Crippen molar-refractivity contribution < 1.29 is 13.9 Å². The van der Waals surface area contributed by atoms with Crippen LogP contribution in [0.15, 0.2) is 64.0 Å². The molecule has 0 spiro atoms. The standard InChI is InChI=1S/C23H17N3O4/c1-3-29-23(28)21-17-12-16(19-10-7-11-30-19)18(13-24)14(2)20(17)22(27)26(25-21)15-8-5-4-6-9-15/h4-12H,3H2,1-2H3. The molecule has 0 aliphatic rings. The molecule has 2 heterocycles. The van der Waals surface area contributed by atoms with Gasteiger partial charge in [-0.3, -0.25) is 4.79 Å². The van der Waals surface area contributed by atoms with Crippen LogP contribution in [0.25, 0.3) is 27.8 Å². The summed E-state index contributed by atoms with van der Waals surface area (Å²) in [5.41, 5.74) is 1.30. The highest BCUT2D eigenvalue weighted by Crippen LogP contribution is 2.32. The number of furan rings is 1. The number of ether oxygens (including phenoxy) is 1. The number of hydrogen-bond acceptors (Lipinski definition) is 6. The predicted octanol–water partition coefficient (Wildman–Crippen LogP) is 4.00. The number of nitriles is 1. The van der Waals surface area contributed by atoms with Crippen LogP contribution in [-0.4, -0.2) is 22.4 Å². The van der Waals surface area contributed by atoms with Crippen LogP contribution in [0, 0.1) is 18.3 Å². The molecule has 2 aromatic heterocycles. The first-order valence-electron chi connectivity index (χ1n) is 9.34. The lowest BCUT2D eigenvalue weighted by atomic mass is 9.94. The lowest BCUT2D eigenvalue weighted by Crippen LogP contribution is -2.26. The number of aryl methyl sites for hydroxylation is 1. The molecule has 4 aromatic rings. The first kappa shape index (κ1) is 19.2. The monoisotopic (exact) mass is 399 g/mol. The second-order valence-corrected chi connectivity index (χ2v) is 6.56.